The number of carbonyl (C=O) groups excluding carboxylic acids is 1. The number of amides is 1. The Bertz CT molecular complexity index is 648. The lowest BCUT2D eigenvalue weighted by molar-refractivity contribution is 0.0957. The fourth-order valence-electron chi connectivity index (χ4n) is 2.81. The third-order valence-electron chi connectivity index (χ3n) is 3.72. The van der Waals surface area contributed by atoms with Gasteiger partial charge < -0.3 is 9.26 Å². The number of nitrogens with zero attached hydrogens (tertiary/aromatic N) is 4. The van der Waals surface area contributed by atoms with Crippen LogP contribution in [-0.4, -0.2) is 34.0 Å². The molecule has 0 fully saturated rings. The molecule has 2 atom stereocenters. The van der Waals surface area contributed by atoms with Crippen molar-refractivity contribution in [3.05, 3.63) is 29.8 Å². The van der Waals surface area contributed by atoms with E-state index in [4.69, 9.17) is 9.26 Å². The van der Waals surface area contributed by atoms with Crippen molar-refractivity contribution in [1.29, 1.82) is 0 Å². The zero-order valence-corrected chi connectivity index (χ0v) is 12.3. The van der Waals surface area contributed by atoms with E-state index in [0.29, 0.717) is 12.4 Å². The van der Waals surface area contributed by atoms with Crippen molar-refractivity contribution in [3.8, 4) is 0 Å². The largest absolute Gasteiger partial charge is 0.377 e. The monoisotopic (exact) mass is 290 g/mol. The molecule has 7 nitrogen and oxygen atoms in total. The van der Waals surface area contributed by atoms with E-state index in [0.717, 1.165) is 12.2 Å². The number of hydrogen-bond acceptors (Lipinski definition) is 5. The SMILES string of the molecule is COCc1cc(C(=O)N2c3ccnn3[C@@H](C)C[C@@H]2C)no1. The number of fused-ring (bicyclic) bond motifs is 1. The minimum atomic E-state index is -0.178. The van der Waals surface area contributed by atoms with Crippen LogP contribution >= 0.6 is 0 Å². The molecule has 0 unspecified atom stereocenters. The quantitative estimate of drug-likeness (QED) is 0.864. The highest BCUT2D eigenvalue weighted by molar-refractivity contribution is 6.04. The first kappa shape index (κ1) is 13.8. The molecule has 1 aliphatic rings. The molecule has 2 aromatic heterocycles. The minimum Gasteiger partial charge on any atom is -0.377 e. The van der Waals surface area contributed by atoms with Crippen LogP contribution in [0.2, 0.25) is 0 Å². The first-order valence-corrected chi connectivity index (χ1v) is 6.93. The second-order valence-corrected chi connectivity index (χ2v) is 5.35. The topological polar surface area (TPSA) is 73.4 Å². The number of methoxy groups -OCH3 is 1. The molecule has 3 heterocycles. The molecule has 7 heteroatoms. The van der Waals surface area contributed by atoms with Crippen molar-refractivity contribution in [3.63, 3.8) is 0 Å². The van der Waals surface area contributed by atoms with Gasteiger partial charge in [-0.25, -0.2) is 4.68 Å². The zero-order chi connectivity index (χ0) is 15.0. The summed E-state index contributed by atoms with van der Waals surface area (Å²) in [6, 6.07) is 3.83. The summed E-state index contributed by atoms with van der Waals surface area (Å²) in [7, 11) is 1.57. The summed E-state index contributed by atoms with van der Waals surface area (Å²) in [5.41, 5.74) is 0.288. The van der Waals surface area contributed by atoms with Gasteiger partial charge in [0.2, 0.25) is 0 Å². The van der Waals surface area contributed by atoms with Gasteiger partial charge >= 0.3 is 0 Å². The molecule has 0 N–H and O–H groups in total. The first-order valence-electron chi connectivity index (χ1n) is 6.93. The van der Waals surface area contributed by atoms with Gasteiger partial charge in [0.05, 0.1) is 12.2 Å². The Kier molecular flexibility index (Phi) is 3.50. The molecule has 3 rings (SSSR count). The highest BCUT2D eigenvalue weighted by atomic mass is 16.5. The van der Waals surface area contributed by atoms with E-state index in [-0.39, 0.29) is 23.7 Å². The Balaban J connectivity index is 1.92. The smallest absolute Gasteiger partial charge is 0.281 e. The fraction of sp³-hybridized carbons (Fsp3) is 0.500. The van der Waals surface area contributed by atoms with Crippen LogP contribution in [0.3, 0.4) is 0 Å². The maximum Gasteiger partial charge on any atom is 0.281 e. The third kappa shape index (κ3) is 2.33. The van der Waals surface area contributed by atoms with Gasteiger partial charge in [-0.3, -0.25) is 9.69 Å². The van der Waals surface area contributed by atoms with E-state index >= 15 is 0 Å². The lowest BCUT2D eigenvalue weighted by atomic mass is 10.1. The number of ether oxygens (including phenoxy) is 1. The summed E-state index contributed by atoms with van der Waals surface area (Å²) in [5, 5.41) is 8.14. The Hall–Kier alpha value is -2.15. The summed E-state index contributed by atoms with van der Waals surface area (Å²) < 4.78 is 11.9. The van der Waals surface area contributed by atoms with Crippen LogP contribution in [0.1, 0.15) is 42.6 Å². The Morgan fingerprint density at radius 2 is 2.29 bits per heavy atom. The standard InChI is InChI=1S/C14H18N4O3/c1-9-6-10(2)18-13(4-5-15-18)17(9)14(19)12-7-11(8-20-3)21-16-12/h4-5,7,9-10H,6,8H2,1-3H3/t9-,10-/m0/s1. The van der Waals surface area contributed by atoms with E-state index in [9.17, 15) is 4.79 Å². The van der Waals surface area contributed by atoms with Gasteiger partial charge in [-0.05, 0) is 20.3 Å². The number of rotatable bonds is 3. The maximum absolute atomic E-state index is 12.7. The minimum absolute atomic E-state index is 0.0827. The van der Waals surface area contributed by atoms with Gasteiger partial charge in [-0.1, -0.05) is 5.16 Å². The van der Waals surface area contributed by atoms with Crippen LogP contribution < -0.4 is 4.90 Å². The molecule has 1 amide bonds. The van der Waals surface area contributed by atoms with Crippen LogP contribution in [0.15, 0.2) is 22.9 Å². The number of aromatic nitrogens is 3. The van der Waals surface area contributed by atoms with Crippen LogP contribution in [0.25, 0.3) is 0 Å². The van der Waals surface area contributed by atoms with E-state index in [1.54, 1.807) is 24.3 Å². The van der Waals surface area contributed by atoms with Crippen molar-refractivity contribution >= 4 is 11.7 Å². The predicted octanol–water partition coefficient (Wildman–Crippen LogP) is 2.02. The average Bonchev–Trinajstić information content (AvgIpc) is 3.08. The van der Waals surface area contributed by atoms with Crippen LogP contribution in [0.4, 0.5) is 5.82 Å². The van der Waals surface area contributed by atoms with Crippen molar-refractivity contribution < 1.29 is 14.1 Å². The number of hydrogen-bond donors (Lipinski definition) is 0. The second-order valence-electron chi connectivity index (χ2n) is 5.35. The summed E-state index contributed by atoms with van der Waals surface area (Å²) >= 11 is 0. The van der Waals surface area contributed by atoms with Crippen LogP contribution in [0, 0.1) is 0 Å². The molecule has 0 saturated heterocycles. The average molecular weight is 290 g/mol. The Morgan fingerprint density at radius 3 is 3.05 bits per heavy atom. The fourth-order valence-corrected chi connectivity index (χ4v) is 2.81. The molecule has 0 radical (unpaired) electrons. The van der Waals surface area contributed by atoms with Gasteiger partial charge in [0.1, 0.15) is 12.4 Å². The highest BCUT2D eigenvalue weighted by Crippen LogP contribution is 2.32. The molecular weight excluding hydrogens is 272 g/mol. The van der Waals surface area contributed by atoms with E-state index in [1.807, 2.05) is 17.7 Å². The normalized spacial score (nSPS) is 21.4. The lowest BCUT2D eigenvalue weighted by Gasteiger charge is -2.36. The molecule has 0 aliphatic carbocycles. The lowest BCUT2D eigenvalue weighted by Crippen LogP contribution is -2.45. The number of carbonyl (C=O) groups is 1. The predicted molar refractivity (Wildman–Crippen MR) is 75.0 cm³/mol. The second kappa shape index (κ2) is 5.33. The molecular formula is C14H18N4O3. The molecule has 0 saturated carbocycles. The summed E-state index contributed by atoms with van der Waals surface area (Å²) in [6.45, 7) is 4.42. The van der Waals surface area contributed by atoms with Crippen molar-refractivity contribution in [2.45, 2.75) is 39.0 Å². The van der Waals surface area contributed by atoms with Crippen LogP contribution in [0.5, 0.6) is 0 Å². The van der Waals surface area contributed by atoms with Gasteiger partial charge in [0.25, 0.3) is 5.91 Å². The summed E-state index contributed by atoms with van der Waals surface area (Å²) in [5.74, 6) is 1.15. The zero-order valence-electron chi connectivity index (χ0n) is 12.3. The molecule has 21 heavy (non-hydrogen) atoms. The molecule has 112 valence electrons. The number of anilines is 1. The van der Waals surface area contributed by atoms with Crippen molar-refractivity contribution in [2.75, 3.05) is 12.0 Å². The van der Waals surface area contributed by atoms with Gasteiger partial charge in [-0.2, -0.15) is 5.10 Å². The van der Waals surface area contributed by atoms with Crippen molar-refractivity contribution in [2.24, 2.45) is 0 Å². The molecule has 0 spiro atoms. The van der Waals surface area contributed by atoms with E-state index < -0.39 is 0 Å². The molecule has 0 aromatic carbocycles. The van der Waals surface area contributed by atoms with Gasteiger partial charge in [0, 0.05) is 25.3 Å². The Morgan fingerprint density at radius 1 is 1.48 bits per heavy atom. The molecule has 0 bridgehead atoms. The van der Waals surface area contributed by atoms with Crippen LogP contribution in [-0.2, 0) is 11.3 Å². The van der Waals surface area contributed by atoms with Gasteiger partial charge in [0.15, 0.2) is 11.5 Å². The molecule has 1 aliphatic heterocycles. The summed E-state index contributed by atoms with van der Waals surface area (Å²) in [6.07, 6.45) is 2.56. The van der Waals surface area contributed by atoms with E-state index in [2.05, 4.69) is 17.2 Å². The highest BCUT2D eigenvalue weighted by Gasteiger charge is 2.34. The van der Waals surface area contributed by atoms with Crippen molar-refractivity contribution in [1.82, 2.24) is 14.9 Å². The Labute approximate surface area is 122 Å². The third-order valence-corrected chi connectivity index (χ3v) is 3.72. The van der Waals surface area contributed by atoms with Gasteiger partial charge in [-0.15, -0.1) is 0 Å². The van der Waals surface area contributed by atoms with E-state index in [1.165, 1.54) is 0 Å². The maximum atomic E-state index is 12.7. The summed E-state index contributed by atoms with van der Waals surface area (Å²) in [4.78, 5) is 14.4. The first-order chi connectivity index (χ1) is 10.1. The molecule has 2 aromatic rings.